The minimum Gasteiger partial charge on any atom is -0.497 e. The highest BCUT2D eigenvalue weighted by molar-refractivity contribution is 6.43. The normalized spacial score (nSPS) is 18.5. The van der Waals surface area contributed by atoms with Crippen LogP contribution in [0.15, 0.2) is 36.4 Å². The standard InChI is InChI=1S/C24H26Cl2N2O3/c1-31-18-8-9-19-16(14-18)4-2-5-17(19)15-22(29)27-10-12-28(13-11-27)24(30)20-6-3-7-21(25)23(20)26/h3,6-9,14,17H,2,4-5,10-13,15H2,1H3. The number of rotatable bonds is 4. The third-order valence-corrected chi connectivity index (χ3v) is 7.13. The van der Waals surface area contributed by atoms with Gasteiger partial charge in [-0.3, -0.25) is 9.59 Å². The Labute approximate surface area is 192 Å². The van der Waals surface area contributed by atoms with Gasteiger partial charge in [0.1, 0.15) is 5.75 Å². The predicted molar refractivity (Wildman–Crippen MR) is 122 cm³/mol. The summed E-state index contributed by atoms with van der Waals surface area (Å²) in [7, 11) is 1.68. The highest BCUT2D eigenvalue weighted by Gasteiger charge is 2.29. The molecule has 164 valence electrons. The molecule has 1 heterocycles. The lowest BCUT2D eigenvalue weighted by Gasteiger charge is -2.36. The van der Waals surface area contributed by atoms with Crippen molar-refractivity contribution in [3.8, 4) is 5.75 Å². The van der Waals surface area contributed by atoms with E-state index in [1.54, 1.807) is 30.2 Å². The minimum atomic E-state index is -0.144. The van der Waals surface area contributed by atoms with E-state index in [9.17, 15) is 9.59 Å². The van der Waals surface area contributed by atoms with E-state index in [4.69, 9.17) is 27.9 Å². The summed E-state index contributed by atoms with van der Waals surface area (Å²) < 4.78 is 5.34. The van der Waals surface area contributed by atoms with Crippen molar-refractivity contribution in [1.82, 2.24) is 9.80 Å². The minimum absolute atomic E-state index is 0.144. The fraction of sp³-hybridized carbons (Fsp3) is 0.417. The maximum absolute atomic E-state index is 13.0. The molecule has 1 aliphatic heterocycles. The van der Waals surface area contributed by atoms with Crippen molar-refractivity contribution in [3.63, 3.8) is 0 Å². The molecule has 0 radical (unpaired) electrons. The van der Waals surface area contributed by atoms with Gasteiger partial charge in [0.15, 0.2) is 0 Å². The Balaban J connectivity index is 1.36. The lowest BCUT2D eigenvalue weighted by Crippen LogP contribution is -2.50. The topological polar surface area (TPSA) is 49.9 Å². The zero-order valence-electron chi connectivity index (χ0n) is 17.6. The molecule has 0 N–H and O–H groups in total. The zero-order valence-corrected chi connectivity index (χ0v) is 19.1. The van der Waals surface area contributed by atoms with Gasteiger partial charge in [0, 0.05) is 32.6 Å². The van der Waals surface area contributed by atoms with Gasteiger partial charge in [0.25, 0.3) is 5.91 Å². The first-order chi connectivity index (χ1) is 15.0. The second-order valence-electron chi connectivity index (χ2n) is 8.13. The van der Waals surface area contributed by atoms with Crippen LogP contribution in [0.3, 0.4) is 0 Å². The summed E-state index contributed by atoms with van der Waals surface area (Å²) >= 11 is 12.2. The SMILES string of the molecule is COc1ccc2c(c1)CCCC2CC(=O)N1CCN(C(=O)c2cccc(Cl)c2Cl)CC1. The molecule has 31 heavy (non-hydrogen) atoms. The molecule has 1 aliphatic carbocycles. The molecule has 0 bridgehead atoms. The Morgan fingerprint density at radius 2 is 1.81 bits per heavy atom. The van der Waals surface area contributed by atoms with E-state index < -0.39 is 0 Å². The van der Waals surface area contributed by atoms with E-state index in [1.807, 2.05) is 11.0 Å². The highest BCUT2D eigenvalue weighted by Crippen LogP contribution is 2.36. The van der Waals surface area contributed by atoms with E-state index >= 15 is 0 Å². The van der Waals surface area contributed by atoms with Crippen LogP contribution in [0.25, 0.3) is 0 Å². The molecule has 4 rings (SSSR count). The van der Waals surface area contributed by atoms with Crippen LogP contribution in [-0.2, 0) is 11.2 Å². The number of hydrogen-bond donors (Lipinski definition) is 0. The van der Waals surface area contributed by atoms with Crippen molar-refractivity contribution in [2.45, 2.75) is 31.6 Å². The summed E-state index contributed by atoms with van der Waals surface area (Å²) in [5.41, 5.74) is 2.96. The molecule has 0 spiro atoms. The summed E-state index contributed by atoms with van der Waals surface area (Å²) in [4.78, 5) is 29.4. The summed E-state index contributed by atoms with van der Waals surface area (Å²) in [5.74, 6) is 1.12. The van der Waals surface area contributed by atoms with Gasteiger partial charge < -0.3 is 14.5 Å². The number of methoxy groups -OCH3 is 1. The average molecular weight is 461 g/mol. The zero-order chi connectivity index (χ0) is 22.0. The number of carbonyl (C=O) groups is 2. The fourth-order valence-electron chi connectivity index (χ4n) is 4.57. The van der Waals surface area contributed by atoms with Gasteiger partial charge in [-0.1, -0.05) is 35.3 Å². The Hall–Kier alpha value is -2.24. The average Bonchev–Trinajstić information content (AvgIpc) is 2.80. The molecule has 0 saturated carbocycles. The number of fused-ring (bicyclic) bond motifs is 1. The summed E-state index contributed by atoms with van der Waals surface area (Å²) in [6.45, 7) is 2.05. The maximum atomic E-state index is 13.0. The van der Waals surface area contributed by atoms with E-state index in [2.05, 4.69) is 12.1 Å². The van der Waals surface area contributed by atoms with Crippen molar-refractivity contribution < 1.29 is 14.3 Å². The third-order valence-electron chi connectivity index (χ3n) is 6.31. The van der Waals surface area contributed by atoms with E-state index in [0.29, 0.717) is 43.2 Å². The highest BCUT2D eigenvalue weighted by atomic mass is 35.5. The molecule has 1 fully saturated rings. The van der Waals surface area contributed by atoms with Crippen molar-refractivity contribution in [3.05, 3.63) is 63.1 Å². The van der Waals surface area contributed by atoms with Crippen LogP contribution >= 0.6 is 23.2 Å². The lowest BCUT2D eigenvalue weighted by molar-refractivity contribution is -0.133. The van der Waals surface area contributed by atoms with Crippen LogP contribution in [0.2, 0.25) is 10.0 Å². The molecule has 7 heteroatoms. The van der Waals surface area contributed by atoms with Gasteiger partial charge in [-0.05, 0) is 60.6 Å². The molecule has 2 aromatic carbocycles. The number of nitrogens with zero attached hydrogens (tertiary/aromatic N) is 2. The number of hydrogen-bond acceptors (Lipinski definition) is 3. The number of aryl methyl sites for hydroxylation is 1. The second-order valence-corrected chi connectivity index (χ2v) is 8.92. The quantitative estimate of drug-likeness (QED) is 0.658. The molecule has 2 aliphatic rings. The van der Waals surface area contributed by atoms with Gasteiger partial charge in [0.05, 0.1) is 22.7 Å². The van der Waals surface area contributed by atoms with Gasteiger partial charge in [-0.15, -0.1) is 0 Å². The molecule has 1 saturated heterocycles. The first-order valence-corrected chi connectivity index (χ1v) is 11.4. The predicted octanol–water partition coefficient (Wildman–Crippen LogP) is 4.80. The Morgan fingerprint density at radius 3 is 2.55 bits per heavy atom. The van der Waals surface area contributed by atoms with Crippen molar-refractivity contribution >= 4 is 35.0 Å². The Kier molecular flexibility index (Phi) is 6.73. The second kappa shape index (κ2) is 9.49. The van der Waals surface area contributed by atoms with E-state index in [0.717, 1.165) is 25.0 Å². The molecule has 5 nitrogen and oxygen atoms in total. The van der Waals surface area contributed by atoms with Gasteiger partial charge in [-0.25, -0.2) is 0 Å². The maximum Gasteiger partial charge on any atom is 0.255 e. The lowest BCUT2D eigenvalue weighted by atomic mass is 9.80. The van der Waals surface area contributed by atoms with Crippen LogP contribution in [0, 0.1) is 0 Å². The molecule has 1 atom stereocenters. The number of halogens is 2. The van der Waals surface area contributed by atoms with Gasteiger partial charge in [-0.2, -0.15) is 0 Å². The van der Waals surface area contributed by atoms with Gasteiger partial charge >= 0.3 is 0 Å². The number of benzene rings is 2. The Morgan fingerprint density at radius 1 is 1.06 bits per heavy atom. The third kappa shape index (κ3) is 4.68. The van der Waals surface area contributed by atoms with Gasteiger partial charge in [0.2, 0.25) is 5.91 Å². The van der Waals surface area contributed by atoms with E-state index in [1.165, 1.54) is 11.1 Å². The summed E-state index contributed by atoms with van der Waals surface area (Å²) in [6, 6.07) is 11.3. The number of ether oxygens (including phenoxy) is 1. The fourth-order valence-corrected chi connectivity index (χ4v) is 4.95. The molecule has 1 unspecified atom stereocenters. The van der Waals surface area contributed by atoms with Crippen molar-refractivity contribution in [2.75, 3.05) is 33.3 Å². The monoisotopic (exact) mass is 460 g/mol. The van der Waals surface area contributed by atoms with Crippen LogP contribution in [0.5, 0.6) is 5.75 Å². The van der Waals surface area contributed by atoms with Crippen molar-refractivity contribution in [1.29, 1.82) is 0 Å². The number of piperazine rings is 1. The number of carbonyl (C=O) groups excluding carboxylic acids is 2. The van der Waals surface area contributed by atoms with Crippen molar-refractivity contribution in [2.24, 2.45) is 0 Å². The van der Waals surface area contributed by atoms with Crippen LogP contribution in [0.1, 0.15) is 46.7 Å². The van der Waals surface area contributed by atoms with Crippen LogP contribution in [-0.4, -0.2) is 54.9 Å². The summed E-state index contributed by atoms with van der Waals surface area (Å²) in [6.07, 6.45) is 3.65. The number of amides is 2. The van der Waals surface area contributed by atoms with Crippen LogP contribution in [0.4, 0.5) is 0 Å². The first kappa shape index (κ1) is 22.0. The van der Waals surface area contributed by atoms with Crippen LogP contribution < -0.4 is 4.74 Å². The first-order valence-electron chi connectivity index (χ1n) is 10.7. The molecular weight excluding hydrogens is 435 g/mol. The Bertz CT molecular complexity index is 987. The molecule has 2 aromatic rings. The molecule has 0 aromatic heterocycles. The molecular formula is C24H26Cl2N2O3. The summed E-state index contributed by atoms with van der Waals surface area (Å²) in [5, 5.41) is 0.645. The molecule has 2 amide bonds. The van der Waals surface area contributed by atoms with E-state index in [-0.39, 0.29) is 22.8 Å². The largest absolute Gasteiger partial charge is 0.497 e. The smallest absolute Gasteiger partial charge is 0.255 e.